The van der Waals surface area contributed by atoms with Crippen LogP contribution in [0.15, 0.2) is 76.6 Å². The van der Waals surface area contributed by atoms with Gasteiger partial charge in [0, 0.05) is 12.7 Å². The van der Waals surface area contributed by atoms with Gasteiger partial charge in [-0.15, -0.1) is 0 Å². The van der Waals surface area contributed by atoms with Gasteiger partial charge in [-0.3, -0.25) is 18.9 Å². The number of thioether (sulfide) groups is 1. The number of carbonyl (C=O) groups excluding carboxylic acids is 1. The summed E-state index contributed by atoms with van der Waals surface area (Å²) in [6, 6.07) is 16.4. The molecule has 1 amide bonds. The van der Waals surface area contributed by atoms with Gasteiger partial charge in [-0.05, 0) is 54.5 Å². The summed E-state index contributed by atoms with van der Waals surface area (Å²) in [5.74, 6) is 0.0269. The highest BCUT2D eigenvalue weighted by Crippen LogP contribution is 2.35. The average Bonchev–Trinajstić information content (AvgIpc) is 3.22. The Balaban J connectivity index is 1.46. The summed E-state index contributed by atoms with van der Waals surface area (Å²) >= 11 is 6.56. The van der Waals surface area contributed by atoms with Crippen molar-refractivity contribution in [3.63, 3.8) is 0 Å². The summed E-state index contributed by atoms with van der Waals surface area (Å²) in [5, 5.41) is 0. The van der Waals surface area contributed by atoms with Crippen LogP contribution in [0, 0.1) is 5.82 Å². The van der Waals surface area contributed by atoms with Crippen molar-refractivity contribution in [2.75, 3.05) is 20.8 Å². The molecular weight excluding hydrogens is 541 g/mol. The van der Waals surface area contributed by atoms with Gasteiger partial charge >= 0.3 is 0 Å². The molecule has 0 unspecified atom stereocenters. The Bertz CT molecular complexity index is 1690. The fourth-order valence-corrected chi connectivity index (χ4v) is 5.31. The molecule has 11 heteroatoms. The first-order valence-electron chi connectivity index (χ1n) is 11.8. The van der Waals surface area contributed by atoms with Crippen molar-refractivity contribution in [2.24, 2.45) is 0 Å². The zero-order valence-electron chi connectivity index (χ0n) is 20.9. The van der Waals surface area contributed by atoms with E-state index in [1.54, 1.807) is 50.7 Å². The first-order chi connectivity index (χ1) is 18.9. The molecule has 198 valence electrons. The maximum Gasteiger partial charge on any atom is 0.269 e. The van der Waals surface area contributed by atoms with Gasteiger partial charge in [0.1, 0.15) is 15.5 Å². The highest BCUT2D eigenvalue weighted by molar-refractivity contribution is 8.26. The molecule has 0 atom stereocenters. The lowest BCUT2D eigenvalue weighted by Crippen LogP contribution is -2.30. The number of rotatable bonds is 8. The van der Waals surface area contributed by atoms with Crippen LogP contribution in [-0.2, 0) is 11.2 Å². The zero-order valence-corrected chi connectivity index (χ0v) is 22.6. The number of halogens is 1. The van der Waals surface area contributed by atoms with E-state index in [1.807, 2.05) is 12.1 Å². The molecule has 2 aromatic heterocycles. The van der Waals surface area contributed by atoms with Crippen LogP contribution in [-0.4, -0.2) is 45.3 Å². The second-order valence-electron chi connectivity index (χ2n) is 8.37. The molecule has 0 saturated carbocycles. The number of amides is 1. The second kappa shape index (κ2) is 11.3. The minimum Gasteiger partial charge on any atom is -0.493 e. The van der Waals surface area contributed by atoms with Crippen molar-refractivity contribution < 1.29 is 23.4 Å². The second-order valence-corrected chi connectivity index (χ2v) is 10.0. The number of methoxy groups -OCH3 is 2. The number of aromatic nitrogens is 2. The van der Waals surface area contributed by atoms with Gasteiger partial charge in [0.15, 0.2) is 23.1 Å². The number of pyridine rings is 1. The molecular formula is C28H22FN3O5S2. The topological polar surface area (TPSA) is 82.4 Å². The van der Waals surface area contributed by atoms with Gasteiger partial charge in [0.2, 0.25) is 5.88 Å². The van der Waals surface area contributed by atoms with E-state index < -0.39 is 11.4 Å². The van der Waals surface area contributed by atoms with Crippen molar-refractivity contribution in [2.45, 2.75) is 6.42 Å². The number of hydrogen-bond donors (Lipinski definition) is 0. The number of nitrogens with zero attached hydrogens (tertiary/aromatic N) is 3. The third-order valence-electron chi connectivity index (χ3n) is 6.00. The first-order valence-corrected chi connectivity index (χ1v) is 13.0. The van der Waals surface area contributed by atoms with Gasteiger partial charge in [-0.1, -0.05) is 48.2 Å². The molecule has 4 aromatic rings. The minimum atomic E-state index is -0.611. The molecule has 1 saturated heterocycles. The van der Waals surface area contributed by atoms with E-state index in [4.69, 9.17) is 26.4 Å². The molecule has 3 heterocycles. The summed E-state index contributed by atoms with van der Waals surface area (Å²) in [5.41, 5.74) is 0.779. The summed E-state index contributed by atoms with van der Waals surface area (Å²) in [6.45, 7) is 0.324. The van der Waals surface area contributed by atoms with Gasteiger partial charge in [-0.25, -0.2) is 4.39 Å². The van der Waals surface area contributed by atoms with E-state index >= 15 is 0 Å². The SMILES string of the molecule is COc1ccc(CCN2C(=O)/C(=C\c3c(Oc4ccccc4F)nc4ccccn4c3=O)SC2=S)cc1OC. The highest BCUT2D eigenvalue weighted by atomic mass is 32.2. The largest absolute Gasteiger partial charge is 0.493 e. The monoisotopic (exact) mass is 563 g/mol. The van der Waals surface area contributed by atoms with Crippen LogP contribution >= 0.6 is 24.0 Å². The Morgan fingerprint density at radius 1 is 1.00 bits per heavy atom. The van der Waals surface area contributed by atoms with Gasteiger partial charge in [0.25, 0.3) is 11.5 Å². The van der Waals surface area contributed by atoms with Crippen LogP contribution in [0.5, 0.6) is 23.1 Å². The molecule has 0 N–H and O–H groups in total. The normalized spacial score (nSPS) is 14.3. The summed E-state index contributed by atoms with van der Waals surface area (Å²) in [4.78, 5) is 32.9. The van der Waals surface area contributed by atoms with Crippen LogP contribution in [0.3, 0.4) is 0 Å². The Hall–Kier alpha value is -4.22. The summed E-state index contributed by atoms with van der Waals surface area (Å²) < 4.78 is 32.4. The van der Waals surface area contributed by atoms with Gasteiger partial charge in [0.05, 0.1) is 19.1 Å². The number of carbonyl (C=O) groups is 1. The minimum absolute atomic E-state index is 0.00217. The van der Waals surface area contributed by atoms with Crippen molar-refractivity contribution >= 4 is 45.9 Å². The predicted octanol–water partition coefficient (Wildman–Crippen LogP) is 5.09. The van der Waals surface area contributed by atoms with Crippen LogP contribution in [0.4, 0.5) is 4.39 Å². The van der Waals surface area contributed by atoms with Crippen molar-refractivity contribution in [3.8, 4) is 23.1 Å². The van der Waals surface area contributed by atoms with Crippen LogP contribution in [0.25, 0.3) is 11.7 Å². The van der Waals surface area contributed by atoms with Gasteiger partial charge < -0.3 is 14.2 Å². The number of fused-ring (bicyclic) bond motifs is 1. The lowest BCUT2D eigenvalue weighted by Gasteiger charge is -2.15. The van der Waals surface area contributed by atoms with E-state index in [0.717, 1.165) is 17.3 Å². The van der Waals surface area contributed by atoms with Crippen molar-refractivity contribution in [3.05, 3.63) is 99.1 Å². The number of hydrogen-bond acceptors (Lipinski definition) is 8. The van der Waals surface area contributed by atoms with E-state index in [9.17, 15) is 14.0 Å². The van der Waals surface area contributed by atoms with Crippen molar-refractivity contribution in [1.82, 2.24) is 14.3 Å². The quantitative estimate of drug-likeness (QED) is 0.217. The molecule has 39 heavy (non-hydrogen) atoms. The third kappa shape index (κ3) is 5.36. The van der Waals surface area contributed by atoms with E-state index in [2.05, 4.69) is 4.98 Å². The fraction of sp³-hybridized carbons (Fsp3) is 0.143. The van der Waals surface area contributed by atoms with E-state index in [0.29, 0.717) is 34.4 Å². The molecule has 5 rings (SSSR count). The van der Waals surface area contributed by atoms with Crippen LogP contribution in [0.2, 0.25) is 0 Å². The lowest BCUT2D eigenvalue weighted by molar-refractivity contribution is -0.122. The number of para-hydroxylation sites is 1. The number of ether oxygens (including phenoxy) is 3. The molecule has 1 aliphatic heterocycles. The fourth-order valence-electron chi connectivity index (χ4n) is 4.02. The Kier molecular flexibility index (Phi) is 7.62. The molecule has 0 aliphatic carbocycles. The van der Waals surface area contributed by atoms with E-state index in [1.165, 1.54) is 33.6 Å². The third-order valence-corrected chi connectivity index (χ3v) is 7.38. The molecule has 1 fully saturated rings. The summed E-state index contributed by atoms with van der Waals surface area (Å²) in [7, 11) is 3.12. The molecule has 0 spiro atoms. The maximum atomic E-state index is 14.4. The summed E-state index contributed by atoms with van der Waals surface area (Å²) in [6.07, 6.45) is 3.48. The highest BCUT2D eigenvalue weighted by Gasteiger charge is 2.32. The zero-order chi connectivity index (χ0) is 27.5. The molecule has 0 bridgehead atoms. The smallest absolute Gasteiger partial charge is 0.269 e. The molecule has 0 radical (unpaired) electrons. The molecule has 2 aromatic carbocycles. The van der Waals surface area contributed by atoms with Crippen LogP contribution < -0.4 is 19.8 Å². The van der Waals surface area contributed by atoms with E-state index in [-0.39, 0.29) is 28.0 Å². The standard InChI is InChI=1S/C28H22FN3O5S2/c1-35-21-11-10-17(15-22(21)36-2)12-14-32-27(34)23(39-28(32)38)16-18-25(37-20-8-4-3-7-19(20)29)30-24-9-5-6-13-31(24)26(18)33/h3-11,13,15-16H,12,14H2,1-2H3/b23-16+. The Morgan fingerprint density at radius 3 is 2.54 bits per heavy atom. The Morgan fingerprint density at radius 2 is 1.77 bits per heavy atom. The van der Waals surface area contributed by atoms with Crippen LogP contribution in [0.1, 0.15) is 11.1 Å². The number of benzene rings is 2. The maximum absolute atomic E-state index is 14.4. The average molecular weight is 564 g/mol. The first kappa shape index (κ1) is 26.4. The van der Waals surface area contributed by atoms with Gasteiger partial charge in [-0.2, -0.15) is 4.98 Å². The molecule has 8 nitrogen and oxygen atoms in total. The van der Waals surface area contributed by atoms with Crippen molar-refractivity contribution in [1.29, 1.82) is 0 Å². The Labute approximate surface area is 232 Å². The molecule has 1 aliphatic rings. The number of thiocarbonyl (C=S) groups is 1. The predicted molar refractivity (Wildman–Crippen MR) is 151 cm³/mol. The lowest BCUT2D eigenvalue weighted by atomic mass is 10.1.